The minimum Gasteiger partial charge on any atom is -0.377 e. The molecular formula is C12H24N4O. The lowest BCUT2D eigenvalue weighted by Crippen LogP contribution is -2.54. The molecule has 0 aliphatic heterocycles. The van der Waals surface area contributed by atoms with E-state index in [1.54, 1.807) is 7.11 Å². The number of nitrogens with zero attached hydrogens (tertiary/aromatic N) is 2. The quantitative estimate of drug-likeness (QED) is 0.553. The molecule has 0 saturated carbocycles. The van der Waals surface area contributed by atoms with Crippen LogP contribution in [0.5, 0.6) is 0 Å². The Bertz CT molecular complexity index is 333. The average molecular weight is 240 g/mol. The summed E-state index contributed by atoms with van der Waals surface area (Å²) in [4.78, 5) is 4.37. The third-order valence-corrected chi connectivity index (χ3v) is 3.64. The third kappa shape index (κ3) is 3.06. The molecule has 5 nitrogen and oxygen atoms in total. The van der Waals surface area contributed by atoms with Gasteiger partial charge in [-0.3, -0.25) is 11.3 Å². The van der Waals surface area contributed by atoms with E-state index in [0.29, 0.717) is 0 Å². The molecule has 98 valence electrons. The van der Waals surface area contributed by atoms with Crippen LogP contribution in [0.3, 0.4) is 0 Å². The minimum absolute atomic E-state index is 0.0465. The van der Waals surface area contributed by atoms with Crippen LogP contribution in [0, 0.1) is 0 Å². The summed E-state index contributed by atoms with van der Waals surface area (Å²) < 4.78 is 7.70. The van der Waals surface area contributed by atoms with Crippen LogP contribution < -0.4 is 11.3 Å². The molecule has 0 spiro atoms. The zero-order valence-electron chi connectivity index (χ0n) is 11.2. The van der Waals surface area contributed by atoms with Crippen molar-refractivity contribution in [3.05, 3.63) is 18.2 Å². The van der Waals surface area contributed by atoms with Gasteiger partial charge >= 0.3 is 0 Å². The van der Waals surface area contributed by atoms with E-state index >= 15 is 0 Å². The van der Waals surface area contributed by atoms with Crippen LogP contribution >= 0.6 is 0 Å². The molecule has 0 bridgehead atoms. The maximum absolute atomic E-state index is 5.65. The summed E-state index contributed by atoms with van der Waals surface area (Å²) in [5.74, 6) is 6.69. The lowest BCUT2D eigenvalue weighted by molar-refractivity contribution is -0.0294. The van der Waals surface area contributed by atoms with Crippen LogP contribution in [-0.4, -0.2) is 28.3 Å². The molecule has 1 aromatic heterocycles. The predicted molar refractivity (Wildman–Crippen MR) is 68.4 cm³/mol. The first kappa shape index (κ1) is 14.2. The molecular weight excluding hydrogens is 216 g/mol. The summed E-state index contributed by atoms with van der Waals surface area (Å²) in [6, 6.07) is 0.0465. The highest BCUT2D eigenvalue weighted by atomic mass is 16.5. The molecule has 0 radical (unpaired) electrons. The molecule has 2 atom stereocenters. The fourth-order valence-electron chi connectivity index (χ4n) is 1.98. The minimum atomic E-state index is -0.279. The number of rotatable bonds is 7. The number of aryl methyl sites for hydroxylation is 1. The topological polar surface area (TPSA) is 65.1 Å². The second-order valence-corrected chi connectivity index (χ2v) is 4.42. The van der Waals surface area contributed by atoms with Crippen LogP contribution in [0.1, 0.15) is 33.0 Å². The molecule has 0 aliphatic carbocycles. The largest absolute Gasteiger partial charge is 0.377 e. The Morgan fingerprint density at radius 2 is 2.29 bits per heavy atom. The van der Waals surface area contributed by atoms with Crippen molar-refractivity contribution in [2.45, 2.75) is 51.8 Å². The monoisotopic (exact) mass is 240 g/mol. The van der Waals surface area contributed by atoms with Gasteiger partial charge in [0.2, 0.25) is 0 Å². The van der Waals surface area contributed by atoms with Gasteiger partial charge in [-0.15, -0.1) is 0 Å². The first-order chi connectivity index (χ1) is 8.11. The van der Waals surface area contributed by atoms with Crippen molar-refractivity contribution in [3.8, 4) is 0 Å². The van der Waals surface area contributed by atoms with E-state index in [1.165, 1.54) is 0 Å². The van der Waals surface area contributed by atoms with Gasteiger partial charge in [-0.05, 0) is 20.3 Å². The van der Waals surface area contributed by atoms with Gasteiger partial charge in [-0.2, -0.15) is 0 Å². The van der Waals surface area contributed by atoms with Gasteiger partial charge < -0.3 is 9.30 Å². The van der Waals surface area contributed by atoms with Gasteiger partial charge in [0.15, 0.2) is 0 Å². The summed E-state index contributed by atoms with van der Waals surface area (Å²) in [5.41, 5.74) is 2.58. The molecule has 0 amide bonds. The van der Waals surface area contributed by atoms with Crippen LogP contribution in [0.2, 0.25) is 0 Å². The van der Waals surface area contributed by atoms with E-state index in [2.05, 4.69) is 35.7 Å². The molecule has 0 saturated heterocycles. The van der Waals surface area contributed by atoms with Crippen molar-refractivity contribution in [1.29, 1.82) is 0 Å². The standard InChI is InChI=1S/C12H24N4O/c1-5-12(3,17-4)10(15-13)9-11-14-7-8-16(11)6-2/h7-8,10,15H,5-6,9,13H2,1-4H3. The zero-order valence-corrected chi connectivity index (χ0v) is 11.2. The molecule has 17 heavy (non-hydrogen) atoms. The number of imidazole rings is 1. The molecule has 1 heterocycles. The van der Waals surface area contributed by atoms with Crippen LogP contribution in [-0.2, 0) is 17.7 Å². The van der Waals surface area contributed by atoms with E-state index in [4.69, 9.17) is 10.6 Å². The summed E-state index contributed by atoms with van der Waals surface area (Å²) in [6.45, 7) is 7.19. The lowest BCUT2D eigenvalue weighted by atomic mass is 9.91. The number of aromatic nitrogens is 2. The normalized spacial score (nSPS) is 16.8. The maximum atomic E-state index is 5.65. The van der Waals surface area contributed by atoms with E-state index < -0.39 is 0 Å². The first-order valence-electron chi connectivity index (χ1n) is 6.12. The Kier molecular flexibility index (Phi) is 5.11. The molecule has 5 heteroatoms. The molecule has 1 rings (SSSR count). The highest BCUT2D eigenvalue weighted by Crippen LogP contribution is 2.21. The van der Waals surface area contributed by atoms with Crippen molar-refractivity contribution in [2.75, 3.05) is 7.11 Å². The Morgan fingerprint density at radius 1 is 1.59 bits per heavy atom. The second kappa shape index (κ2) is 6.14. The SMILES string of the molecule is CCn1ccnc1CC(NN)C(C)(CC)OC. The van der Waals surface area contributed by atoms with Crippen molar-refractivity contribution >= 4 is 0 Å². The van der Waals surface area contributed by atoms with Gasteiger partial charge in [-0.25, -0.2) is 4.98 Å². The van der Waals surface area contributed by atoms with E-state index in [0.717, 1.165) is 25.2 Å². The third-order valence-electron chi connectivity index (χ3n) is 3.64. The fourth-order valence-corrected chi connectivity index (χ4v) is 1.98. The van der Waals surface area contributed by atoms with Gasteiger partial charge in [0.05, 0.1) is 11.6 Å². The lowest BCUT2D eigenvalue weighted by Gasteiger charge is -2.35. The summed E-state index contributed by atoms with van der Waals surface area (Å²) in [7, 11) is 1.72. The molecule has 1 aromatic rings. The van der Waals surface area contributed by atoms with Crippen molar-refractivity contribution in [3.63, 3.8) is 0 Å². The smallest absolute Gasteiger partial charge is 0.110 e. The van der Waals surface area contributed by atoms with Crippen molar-refractivity contribution < 1.29 is 4.74 Å². The van der Waals surface area contributed by atoms with Crippen molar-refractivity contribution in [2.24, 2.45) is 5.84 Å². The number of nitrogens with two attached hydrogens (primary N) is 1. The van der Waals surface area contributed by atoms with Gasteiger partial charge in [0.1, 0.15) is 5.82 Å². The van der Waals surface area contributed by atoms with Gasteiger partial charge in [-0.1, -0.05) is 6.92 Å². The Morgan fingerprint density at radius 3 is 2.76 bits per heavy atom. The fraction of sp³-hybridized carbons (Fsp3) is 0.750. The van der Waals surface area contributed by atoms with E-state index in [9.17, 15) is 0 Å². The Hall–Kier alpha value is -0.910. The number of methoxy groups -OCH3 is 1. The number of hydrazine groups is 1. The number of nitrogens with one attached hydrogen (secondary N) is 1. The number of hydrogen-bond donors (Lipinski definition) is 2. The van der Waals surface area contributed by atoms with E-state index in [-0.39, 0.29) is 11.6 Å². The van der Waals surface area contributed by atoms with Crippen LogP contribution in [0.4, 0.5) is 0 Å². The second-order valence-electron chi connectivity index (χ2n) is 4.42. The van der Waals surface area contributed by atoms with Crippen LogP contribution in [0.25, 0.3) is 0 Å². The summed E-state index contributed by atoms with van der Waals surface area (Å²) in [6.07, 6.45) is 5.46. The number of hydrogen-bond acceptors (Lipinski definition) is 4. The Balaban J connectivity index is 2.83. The molecule has 2 unspecified atom stereocenters. The first-order valence-corrected chi connectivity index (χ1v) is 6.12. The number of ether oxygens (including phenoxy) is 1. The molecule has 0 fully saturated rings. The molecule has 0 aliphatic rings. The van der Waals surface area contributed by atoms with E-state index in [1.807, 2.05) is 12.4 Å². The van der Waals surface area contributed by atoms with Gasteiger partial charge in [0, 0.05) is 32.5 Å². The predicted octanol–water partition coefficient (Wildman–Crippen LogP) is 1.09. The van der Waals surface area contributed by atoms with Gasteiger partial charge in [0.25, 0.3) is 0 Å². The highest BCUT2D eigenvalue weighted by Gasteiger charge is 2.32. The molecule has 0 aromatic carbocycles. The average Bonchev–Trinajstić information content (AvgIpc) is 2.82. The summed E-state index contributed by atoms with van der Waals surface area (Å²) in [5, 5.41) is 0. The highest BCUT2D eigenvalue weighted by molar-refractivity contribution is 5.00. The maximum Gasteiger partial charge on any atom is 0.110 e. The van der Waals surface area contributed by atoms with Crippen LogP contribution in [0.15, 0.2) is 12.4 Å². The van der Waals surface area contributed by atoms with Crippen molar-refractivity contribution in [1.82, 2.24) is 15.0 Å². The zero-order chi connectivity index (χ0) is 12.9. The molecule has 3 N–H and O–H groups in total. The Labute approximate surface area is 103 Å². The summed E-state index contributed by atoms with van der Waals surface area (Å²) >= 11 is 0.